The molecule has 0 radical (unpaired) electrons. The number of methoxy groups -OCH3 is 1. The summed E-state index contributed by atoms with van der Waals surface area (Å²) in [6, 6.07) is 0. The number of anilines is 1. The van der Waals surface area contributed by atoms with Gasteiger partial charge in [-0.05, 0) is 0 Å². The van der Waals surface area contributed by atoms with Crippen LogP contribution < -0.4 is 5.73 Å². The van der Waals surface area contributed by atoms with Gasteiger partial charge in [0.25, 0.3) is 6.43 Å². The fraction of sp³-hybridized carbons (Fsp3) is 0.333. The Bertz CT molecular complexity index is 324. The molecule has 0 fully saturated rings. The highest BCUT2D eigenvalue weighted by Crippen LogP contribution is 2.26. The molecule has 0 aliphatic carbocycles. The average Bonchev–Trinajstić information content (AvgIpc) is 2.46. The Labute approximate surface area is 71.4 Å². The molecular formula is C6H6F2N2O3. The van der Waals surface area contributed by atoms with E-state index < -0.39 is 29.5 Å². The van der Waals surface area contributed by atoms with Gasteiger partial charge in [0, 0.05) is 0 Å². The molecule has 0 aliphatic heterocycles. The third-order valence-corrected chi connectivity index (χ3v) is 1.34. The zero-order valence-electron chi connectivity index (χ0n) is 6.58. The predicted octanol–water partition coefficient (Wildman–Crippen LogP) is 0.981. The van der Waals surface area contributed by atoms with E-state index in [-0.39, 0.29) is 0 Å². The minimum absolute atomic E-state index is 0.470. The molecule has 1 aromatic heterocycles. The van der Waals surface area contributed by atoms with Gasteiger partial charge in [-0.1, -0.05) is 5.16 Å². The quantitative estimate of drug-likeness (QED) is 0.706. The van der Waals surface area contributed by atoms with Crippen molar-refractivity contribution >= 4 is 11.9 Å². The lowest BCUT2D eigenvalue weighted by Gasteiger charge is -1.97. The molecule has 0 spiro atoms. The molecule has 0 saturated carbocycles. The van der Waals surface area contributed by atoms with E-state index in [4.69, 9.17) is 5.73 Å². The van der Waals surface area contributed by atoms with Crippen LogP contribution >= 0.6 is 0 Å². The summed E-state index contributed by atoms with van der Waals surface area (Å²) in [5.74, 6) is -1.46. The maximum atomic E-state index is 12.2. The van der Waals surface area contributed by atoms with Crippen molar-refractivity contribution in [1.29, 1.82) is 0 Å². The lowest BCUT2D eigenvalue weighted by atomic mass is 10.2. The highest BCUT2D eigenvalue weighted by atomic mass is 19.3. The molecule has 2 N–H and O–H groups in total. The normalized spacial score (nSPS) is 10.5. The van der Waals surface area contributed by atoms with E-state index in [1.165, 1.54) is 0 Å². The van der Waals surface area contributed by atoms with E-state index in [0.29, 0.717) is 0 Å². The summed E-state index contributed by atoms with van der Waals surface area (Å²) < 4.78 is 32.7. The second kappa shape index (κ2) is 3.38. The molecule has 0 aliphatic rings. The second-order valence-electron chi connectivity index (χ2n) is 2.10. The van der Waals surface area contributed by atoms with E-state index in [1.54, 1.807) is 0 Å². The third-order valence-electron chi connectivity index (χ3n) is 1.34. The van der Waals surface area contributed by atoms with Crippen LogP contribution in [0.2, 0.25) is 0 Å². The van der Waals surface area contributed by atoms with Gasteiger partial charge in [-0.3, -0.25) is 0 Å². The molecule has 1 rings (SSSR count). The Morgan fingerprint density at radius 3 is 2.77 bits per heavy atom. The van der Waals surface area contributed by atoms with Gasteiger partial charge in [-0.15, -0.1) is 0 Å². The number of hydrogen-bond acceptors (Lipinski definition) is 5. The minimum atomic E-state index is -2.92. The number of nitrogens with two attached hydrogens (primary N) is 1. The number of halogens is 2. The number of nitrogen functional groups attached to an aromatic ring is 1. The van der Waals surface area contributed by atoms with Gasteiger partial charge < -0.3 is 15.0 Å². The number of alkyl halides is 2. The monoisotopic (exact) mass is 192 g/mol. The van der Waals surface area contributed by atoms with Crippen molar-refractivity contribution in [2.75, 3.05) is 12.8 Å². The SMILES string of the molecule is COC(=O)c1c(C(F)F)noc1N. The van der Waals surface area contributed by atoms with Crippen LogP contribution in [-0.2, 0) is 4.74 Å². The number of aromatic nitrogens is 1. The maximum Gasteiger partial charge on any atom is 0.345 e. The molecule has 1 heterocycles. The molecule has 0 atom stereocenters. The summed E-state index contributed by atoms with van der Waals surface area (Å²) in [5.41, 5.74) is 3.77. The largest absolute Gasteiger partial charge is 0.465 e. The van der Waals surface area contributed by atoms with Gasteiger partial charge >= 0.3 is 5.97 Å². The van der Waals surface area contributed by atoms with E-state index in [1.807, 2.05) is 0 Å². The molecule has 0 amide bonds. The number of carbonyl (C=O) groups is 1. The van der Waals surface area contributed by atoms with Crippen molar-refractivity contribution in [3.8, 4) is 0 Å². The summed E-state index contributed by atoms with van der Waals surface area (Å²) in [6.45, 7) is 0. The van der Waals surface area contributed by atoms with Crippen molar-refractivity contribution in [2.24, 2.45) is 0 Å². The van der Waals surface area contributed by atoms with Crippen LogP contribution in [0.5, 0.6) is 0 Å². The van der Waals surface area contributed by atoms with Gasteiger partial charge in [-0.2, -0.15) is 0 Å². The van der Waals surface area contributed by atoms with E-state index in [2.05, 4.69) is 14.4 Å². The smallest absolute Gasteiger partial charge is 0.345 e. The van der Waals surface area contributed by atoms with Crippen LogP contribution in [0.25, 0.3) is 0 Å². The lowest BCUT2D eigenvalue weighted by Crippen LogP contribution is -2.06. The predicted molar refractivity (Wildman–Crippen MR) is 37.2 cm³/mol. The fourth-order valence-corrected chi connectivity index (χ4v) is 0.772. The molecule has 0 bridgehead atoms. The number of carbonyl (C=O) groups excluding carboxylic acids is 1. The first-order valence-corrected chi connectivity index (χ1v) is 3.19. The Morgan fingerprint density at radius 2 is 2.31 bits per heavy atom. The molecule has 0 saturated heterocycles. The average molecular weight is 192 g/mol. The van der Waals surface area contributed by atoms with Gasteiger partial charge in [0.05, 0.1) is 7.11 Å². The molecule has 0 aromatic carbocycles. The Hall–Kier alpha value is -1.66. The van der Waals surface area contributed by atoms with Gasteiger partial charge in [0.15, 0.2) is 11.3 Å². The van der Waals surface area contributed by atoms with Gasteiger partial charge in [0.2, 0.25) is 5.88 Å². The minimum Gasteiger partial charge on any atom is -0.465 e. The maximum absolute atomic E-state index is 12.2. The van der Waals surface area contributed by atoms with Crippen LogP contribution in [0, 0.1) is 0 Å². The fourth-order valence-electron chi connectivity index (χ4n) is 0.772. The zero-order valence-corrected chi connectivity index (χ0v) is 6.58. The first kappa shape index (κ1) is 9.43. The van der Waals surface area contributed by atoms with Gasteiger partial charge in [-0.25, -0.2) is 13.6 Å². The number of hydrogen-bond donors (Lipinski definition) is 1. The number of esters is 1. The molecule has 1 aromatic rings. The van der Waals surface area contributed by atoms with Crippen molar-refractivity contribution in [3.05, 3.63) is 11.3 Å². The van der Waals surface area contributed by atoms with Gasteiger partial charge in [0.1, 0.15) is 0 Å². The summed E-state index contributed by atoms with van der Waals surface area (Å²) >= 11 is 0. The van der Waals surface area contributed by atoms with Crippen LogP contribution in [-0.4, -0.2) is 18.2 Å². The summed E-state index contributed by atoms with van der Waals surface area (Å²) in [7, 11) is 1.05. The standard InChI is InChI=1S/C6H6F2N2O3/c1-12-6(11)2-3(4(7)8)10-13-5(2)9/h4H,9H2,1H3. The Kier molecular flexibility index (Phi) is 2.45. The van der Waals surface area contributed by atoms with E-state index in [0.717, 1.165) is 7.11 Å². The topological polar surface area (TPSA) is 78.3 Å². The van der Waals surface area contributed by atoms with E-state index >= 15 is 0 Å². The van der Waals surface area contributed by atoms with Crippen molar-refractivity contribution in [3.63, 3.8) is 0 Å². The molecule has 13 heavy (non-hydrogen) atoms. The summed E-state index contributed by atoms with van der Waals surface area (Å²) in [6.07, 6.45) is -2.92. The first-order chi connectivity index (χ1) is 6.07. The number of ether oxygens (including phenoxy) is 1. The van der Waals surface area contributed by atoms with E-state index in [9.17, 15) is 13.6 Å². The molecular weight excluding hydrogens is 186 g/mol. The molecule has 0 unspecified atom stereocenters. The highest BCUT2D eigenvalue weighted by molar-refractivity contribution is 5.94. The van der Waals surface area contributed by atoms with Crippen LogP contribution in [0.3, 0.4) is 0 Å². The molecule has 5 nitrogen and oxygen atoms in total. The van der Waals surface area contributed by atoms with Crippen molar-refractivity contribution in [1.82, 2.24) is 5.16 Å². The number of rotatable bonds is 2. The Morgan fingerprint density at radius 1 is 1.69 bits per heavy atom. The van der Waals surface area contributed by atoms with Crippen LogP contribution in [0.15, 0.2) is 4.52 Å². The lowest BCUT2D eigenvalue weighted by molar-refractivity contribution is 0.0590. The zero-order chi connectivity index (χ0) is 10.0. The van der Waals surface area contributed by atoms with Crippen LogP contribution in [0.1, 0.15) is 22.5 Å². The highest BCUT2D eigenvalue weighted by Gasteiger charge is 2.27. The summed E-state index contributed by atoms with van der Waals surface area (Å²) in [5, 5.41) is 2.93. The van der Waals surface area contributed by atoms with Crippen LogP contribution in [0.4, 0.5) is 14.7 Å². The molecule has 72 valence electrons. The van der Waals surface area contributed by atoms with Crippen molar-refractivity contribution in [2.45, 2.75) is 6.43 Å². The molecule has 7 heteroatoms. The Balaban J connectivity index is 3.16. The number of nitrogens with zero attached hydrogens (tertiary/aromatic N) is 1. The van der Waals surface area contributed by atoms with Crippen molar-refractivity contribution < 1.29 is 22.8 Å². The second-order valence-corrected chi connectivity index (χ2v) is 2.10. The summed E-state index contributed by atoms with van der Waals surface area (Å²) in [4.78, 5) is 10.9. The third kappa shape index (κ3) is 1.58. The first-order valence-electron chi connectivity index (χ1n) is 3.19.